The van der Waals surface area contributed by atoms with Crippen LogP contribution >= 0.6 is 27.5 Å². The van der Waals surface area contributed by atoms with Crippen LogP contribution in [0, 0.1) is 0 Å². The van der Waals surface area contributed by atoms with E-state index in [2.05, 4.69) is 31.7 Å². The number of nitrogens with one attached hydrogen (secondary N) is 2. The van der Waals surface area contributed by atoms with Crippen molar-refractivity contribution in [1.82, 2.24) is 15.1 Å². The first kappa shape index (κ1) is 16.6. The maximum absolute atomic E-state index is 11.8. The van der Waals surface area contributed by atoms with E-state index in [0.29, 0.717) is 29.6 Å². The topological polar surface area (TPSA) is 68.2 Å². The van der Waals surface area contributed by atoms with E-state index in [-0.39, 0.29) is 6.03 Å². The van der Waals surface area contributed by atoms with Gasteiger partial charge in [-0.2, -0.15) is 5.10 Å². The van der Waals surface area contributed by atoms with Crippen LogP contribution in [0.2, 0.25) is 5.02 Å². The van der Waals surface area contributed by atoms with Gasteiger partial charge in [-0.3, -0.25) is 10.00 Å². The van der Waals surface area contributed by atoms with Crippen molar-refractivity contribution in [3.63, 3.8) is 0 Å². The number of amides is 2. The van der Waals surface area contributed by atoms with Gasteiger partial charge in [-0.25, -0.2) is 4.79 Å². The quantitative estimate of drug-likeness (QED) is 0.828. The van der Waals surface area contributed by atoms with E-state index < -0.39 is 0 Å². The van der Waals surface area contributed by atoms with Crippen molar-refractivity contribution in [3.05, 3.63) is 39.5 Å². The van der Waals surface area contributed by atoms with Crippen molar-refractivity contribution < 1.29 is 9.53 Å². The first-order chi connectivity index (χ1) is 10.5. The SMILES string of the molecule is COc1cc(CCNC(=O)Nc2cc(Br)n(C)n2)ccc1Cl. The highest BCUT2D eigenvalue weighted by molar-refractivity contribution is 9.10. The number of aryl methyl sites for hydroxylation is 1. The van der Waals surface area contributed by atoms with Crippen molar-refractivity contribution in [2.45, 2.75) is 6.42 Å². The summed E-state index contributed by atoms with van der Waals surface area (Å²) in [6, 6.07) is 6.97. The third-order valence-corrected chi connectivity index (χ3v) is 4.03. The van der Waals surface area contributed by atoms with E-state index in [1.807, 2.05) is 12.1 Å². The Hall–Kier alpha value is -1.73. The summed E-state index contributed by atoms with van der Waals surface area (Å²) in [4.78, 5) is 11.8. The number of halogens is 2. The number of ether oxygens (including phenoxy) is 1. The molecule has 0 saturated heterocycles. The summed E-state index contributed by atoms with van der Waals surface area (Å²) >= 11 is 9.28. The fraction of sp³-hybridized carbons (Fsp3) is 0.286. The van der Waals surface area contributed by atoms with E-state index >= 15 is 0 Å². The molecule has 0 aliphatic heterocycles. The van der Waals surface area contributed by atoms with Crippen LogP contribution in [0.5, 0.6) is 5.75 Å². The van der Waals surface area contributed by atoms with Crippen LogP contribution < -0.4 is 15.4 Å². The van der Waals surface area contributed by atoms with E-state index in [0.717, 1.165) is 10.2 Å². The van der Waals surface area contributed by atoms with Gasteiger partial charge >= 0.3 is 6.03 Å². The largest absolute Gasteiger partial charge is 0.495 e. The zero-order valence-electron chi connectivity index (χ0n) is 12.2. The summed E-state index contributed by atoms with van der Waals surface area (Å²) in [5.41, 5.74) is 1.03. The molecule has 0 radical (unpaired) electrons. The molecule has 0 saturated carbocycles. The number of carbonyl (C=O) groups is 1. The molecule has 0 aliphatic rings. The number of hydrogen-bond acceptors (Lipinski definition) is 3. The minimum absolute atomic E-state index is 0.300. The summed E-state index contributed by atoms with van der Waals surface area (Å²) in [5.74, 6) is 1.11. The molecule has 0 unspecified atom stereocenters. The average molecular weight is 388 g/mol. The van der Waals surface area contributed by atoms with Crippen molar-refractivity contribution in [2.75, 3.05) is 19.0 Å². The minimum Gasteiger partial charge on any atom is -0.495 e. The molecule has 0 spiro atoms. The minimum atomic E-state index is -0.300. The smallest absolute Gasteiger partial charge is 0.320 e. The van der Waals surface area contributed by atoms with Gasteiger partial charge in [-0.15, -0.1) is 0 Å². The Morgan fingerprint density at radius 1 is 1.45 bits per heavy atom. The van der Waals surface area contributed by atoms with Crippen molar-refractivity contribution in [3.8, 4) is 5.75 Å². The van der Waals surface area contributed by atoms with E-state index in [9.17, 15) is 4.79 Å². The Balaban J connectivity index is 1.82. The number of aromatic nitrogens is 2. The molecule has 0 atom stereocenters. The molecule has 0 fully saturated rings. The molecule has 8 heteroatoms. The molecule has 2 rings (SSSR count). The molecule has 1 heterocycles. The highest BCUT2D eigenvalue weighted by atomic mass is 79.9. The fourth-order valence-electron chi connectivity index (χ4n) is 1.85. The van der Waals surface area contributed by atoms with Crippen LogP contribution in [0.15, 0.2) is 28.9 Å². The van der Waals surface area contributed by atoms with Gasteiger partial charge in [-0.1, -0.05) is 17.7 Å². The van der Waals surface area contributed by atoms with Gasteiger partial charge in [0.2, 0.25) is 0 Å². The van der Waals surface area contributed by atoms with E-state index in [1.54, 1.807) is 31.0 Å². The maximum Gasteiger partial charge on any atom is 0.320 e. The second-order valence-corrected chi connectivity index (χ2v) is 5.80. The zero-order valence-corrected chi connectivity index (χ0v) is 14.5. The number of anilines is 1. The van der Waals surface area contributed by atoms with Crippen molar-refractivity contribution in [1.29, 1.82) is 0 Å². The molecule has 118 valence electrons. The van der Waals surface area contributed by atoms with E-state index in [1.165, 1.54) is 0 Å². The summed E-state index contributed by atoms with van der Waals surface area (Å²) in [6.07, 6.45) is 0.673. The first-order valence-electron chi connectivity index (χ1n) is 6.56. The van der Waals surface area contributed by atoms with Gasteiger partial charge < -0.3 is 10.1 Å². The lowest BCUT2D eigenvalue weighted by Gasteiger charge is -2.08. The molecule has 0 bridgehead atoms. The van der Waals surface area contributed by atoms with Crippen LogP contribution in [0.3, 0.4) is 0 Å². The molecular weight excluding hydrogens is 372 g/mol. The van der Waals surface area contributed by atoms with E-state index in [4.69, 9.17) is 16.3 Å². The summed E-state index contributed by atoms with van der Waals surface area (Å²) in [7, 11) is 3.35. The lowest BCUT2D eigenvalue weighted by Crippen LogP contribution is -2.30. The van der Waals surface area contributed by atoms with Crippen LogP contribution in [0.25, 0.3) is 0 Å². The van der Waals surface area contributed by atoms with Gasteiger partial charge in [0.25, 0.3) is 0 Å². The molecule has 6 nitrogen and oxygen atoms in total. The number of nitrogens with zero attached hydrogens (tertiary/aromatic N) is 2. The van der Waals surface area contributed by atoms with Crippen LogP contribution in [-0.2, 0) is 13.5 Å². The number of rotatable bonds is 5. The third kappa shape index (κ3) is 4.38. The van der Waals surface area contributed by atoms with Crippen LogP contribution in [-0.4, -0.2) is 29.5 Å². The average Bonchev–Trinajstić information content (AvgIpc) is 2.78. The number of benzene rings is 1. The molecule has 2 amide bonds. The summed E-state index contributed by atoms with van der Waals surface area (Å²) < 4.78 is 7.57. The lowest BCUT2D eigenvalue weighted by atomic mass is 10.1. The number of hydrogen-bond donors (Lipinski definition) is 2. The highest BCUT2D eigenvalue weighted by Crippen LogP contribution is 2.25. The van der Waals surface area contributed by atoms with Gasteiger partial charge in [0.1, 0.15) is 10.4 Å². The van der Waals surface area contributed by atoms with Crippen LogP contribution in [0.1, 0.15) is 5.56 Å². The fourth-order valence-corrected chi connectivity index (χ4v) is 2.34. The molecule has 22 heavy (non-hydrogen) atoms. The van der Waals surface area contributed by atoms with Gasteiger partial charge in [0.15, 0.2) is 5.82 Å². The molecule has 1 aromatic carbocycles. The first-order valence-corrected chi connectivity index (χ1v) is 7.73. The second kappa shape index (κ2) is 7.51. The molecular formula is C14H16BrClN4O2. The monoisotopic (exact) mass is 386 g/mol. The third-order valence-electron chi connectivity index (χ3n) is 2.98. The molecule has 2 N–H and O–H groups in total. The van der Waals surface area contributed by atoms with Gasteiger partial charge in [0.05, 0.1) is 12.1 Å². The van der Waals surface area contributed by atoms with Gasteiger partial charge in [-0.05, 0) is 40.0 Å². The standard InChI is InChI=1S/C14H16BrClN4O2/c1-20-12(15)8-13(19-20)18-14(21)17-6-5-9-3-4-10(16)11(7-9)22-2/h3-4,7-8H,5-6H2,1-2H3,(H2,17,18,19,21). The Labute approximate surface area is 141 Å². The highest BCUT2D eigenvalue weighted by Gasteiger charge is 2.07. The van der Waals surface area contributed by atoms with Gasteiger partial charge in [0, 0.05) is 19.7 Å². The molecule has 2 aromatic rings. The molecule has 0 aliphatic carbocycles. The number of carbonyl (C=O) groups excluding carboxylic acids is 1. The normalized spacial score (nSPS) is 10.4. The number of urea groups is 1. The number of methoxy groups -OCH3 is 1. The van der Waals surface area contributed by atoms with Crippen LogP contribution in [0.4, 0.5) is 10.6 Å². The Morgan fingerprint density at radius 3 is 2.86 bits per heavy atom. The van der Waals surface area contributed by atoms with Crippen molar-refractivity contribution in [2.24, 2.45) is 7.05 Å². The zero-order chi connectivity index (χ0) is 16.1. The maximum atomic E-state index is 11.8. The Kier molecular flexibility index (Phi) is 5.68. The lowest BCUT2D eigenvalue weighted by molar-refractivity contribution is 0.252. The summed E-state index contributed by atoms with van der Waals surface area (Å²) in [6.45, 7) is 0.491. The molecule has 1 aromatic heterocycles. The summed E-state index contributed by atoms with van der Waals surface area (Å²) in [5, 5.41) is 10.1. The Morgan fingerprint density at radius 2 is 2.23 bits per heavy atom. The Bertz CT molecular complexity index is 655. The predicted molar refractivity (Wildman–Crippen MR) is 89.6 cm³/mol. The second-order valence-electron chi connectivity index (χ2n) is 4.58. The predicted octanol–water partition coefficient (Wildman–Crippen LogP) is 3.21. The van der Waals surface area contributed by atoms with Crippen molar-refractivity contribution >= 4 is 39.4 Å².